The maximum atomic E-state index is 5.20. The molecule has 0 aliphatic carbocycles. The Bertz CT molecular complexity index is 1090. The Morgan fingerprint density at radius 3 is 2.47 bits per heavy atom. The van der Waals surface area contributed by atoms with Gasteiger partial charge in [0.05, 0.1) is 11.7 Å². The Hall–Kier alpha value is -2.53. The fourth-order valence-corrected chi connectivity index (χ4v) is 6.41. The van der Waals surface area contributed by atoms with Gasteiger partial charge in [-0.25, -0.2) is 0 Å². The van der Waals surface area contributed by atoms with E-state index in [0.717, 1.165) is 17.9 Å². The summed E-state index contributed by atoms with van der Waals surface area (Å²) in [4.78, 5) is 12.5. The number of aliphatic imine (C=N–C) groups is 1. The number of fused-ring (bicyclic) bond motifs is 1. The highest BCUT2D eigenvalue weighted by molar-refractivity contribution is 8.14. The van der Waals surface area contributed by atoms with Crippen molar-refractivity contribution in [3.63, 3.8) is 0 Å². The summed E-state index contributed by atoms with van der Waals surface area (Å²) in [6.07, 6.45) is 3.02. The summed E-state index contributed by atoms with van der Waals surface area (Å²) < 4.78 is 2.41. The maximum absolute atomic E-state index is 5.20. The van der Waals surface area contributed by atoms with Gasteiger partial charge in [-0.2, -0.15) is 0 Å². The van der Waals surface area contributed by atoms with Gasteiger partial charge in [0.25, 0.3) is 0 Å². The van der Waals surface area contributed by atoms with Crippen molar-refractivity contribution < 1.29 is 0 Å². The Labute approximate surface area is 183 Å². The average Bonchev–Trinajstić information content (AvgIpc) is 3.41. The first-order valence-corrected chi connectivity index (χ1v) is 11.7. The SMILES string of the molecule is CCC1CSC2=NC(c3ccccn3)C(c3c(C)c(C)n(-c4ccccc4)c3C)N21. The lowest BCUT2D eigenvalue weighted by atomic mass is 9.92. The normalized spacial score (nSPS) is 23.0. The summed E-state index contributed by atoms with van der Waals surface area (Å²) in [6.45, 7) is 9.06. The molecule has 0 radical (unpaired) electrons. The Morgan fingerprint density at radius 2 is 1.77 bits per heavy atom. The summed E-state index contributed by atoms with van der Waals surface area (Å²) >= 11 is 1.90. The third-order valence-electron chi connectivity index (χ3n) is 6.65. The minimum absolute atomic E-state index is 0.0338. The monoisotopic (exact) mass is 416 g/mol. The molecule has 2 aliphatic heterocycles. The van der Waals surface area contributed by atoms with Crippen molar-refractivity contribution in [2.24, 2.45) is 4.99 Å². The number of benzene rings is 1. The van der Waals surface area contributed by atoms with Gasteiger partial charge in [-0.05, 0) is 57.0 Å². The Kier molecular flexibility index (Phi) is 4.94. The van der Waals surface area contributed by atoms with Crippen LogP contribution in [0, 0.1) is 20.8 Å². The molecule has 0 amide bonds. The lowest BCUT2D eigenvalue weighted by Crippen LogP contribution is -2.35. The predicted octanol–water partition coefficient (Wildman–Crippen LogP) is 5.78. The van der Waals surface area contributed by atoms with Gasteiger partial charge in [-0.3, -0.25) is 9.98 Å². The fraction of sp³-hybridized carbons (Fsp3) is 0.360. The molecule has 3 atom stereocenters. The number of nitrogens with zero attached hydrogens (tertiary/aromatic N) is 4. The molecule has 2 aromatic heterocycles. The van der Waals surface area contributed by atoms with Gasteiger partial charge in [0, 0.05) is 40.6 Å². The van der Waals surface area contributed by atoms with Crippen molar-refractivity contribution in [1.29, 1.82) is 0 Å². The van der Waals surface area contributed by atoms with Gasteiger partial charge in [0.15, 0.2) is 5.17 Å². The summed E-state index contributed by atoms with van der Waals surface area (Å²) in [5, 5.41) is 1.19. The number of pyridine rings is 1. The summed E-state index contributed by atoms with van der Waals surface area (Å²) in [7, 11) is 0. The molecule has 154 valence electrons. The van der Waals surface area contributed by atoms with Gasteiger partial charge in [-0.1, -0.05) is 43.0 Å². The smallest absolute Gasteiger partial charge is 0.160 e. The molecule has 5 heteroatoms. The van der Waals surface area contributed by atoms with Crippen LogP contribution >= 0.6 is 11.8 Å². The van der Waals surface area contributed by atoms with Crippen LogP contribution in [0.5, 0.6) is 0 Å². The highest BCUT2D eigenvalue weighted by Crippen LogP contribution is 2.50. The van der Waals surface area contributed by atoms with Gasteiger partial charge >= 0.3 is 0 Å². The van der Waals surface area contributed by atoms with Crippen molar-refractivity contribution in [1.82, 2.24) is 14.5 Å². The number of thioether (sulfide) groups is 1. The molecular formula is C25H28N4S. The quantitative estimate of drug-likeness (QED) is 0.541. The first kappa shape index (κ1) is 19.4. The van der Waals surface area contributed by atoms with Crippen LogP contribution in [-0.4, -0.2) is 31.4 Å². The standard InChI is InChI=1S/C25H28N4S/c1-5-19-15-30-25-27-23(21-13-9-10-14-26-21)24(29(19)25)22-16(2)17(3)28(18(22)4)20-11-7-6-8-12-20/h6-14,19,23-24H,5,15H2,1-4H3. The van der Waals surface area contributed by atoms with Crippen molar-refractivity contribution in [3.05, 3.63) is 82.9 Å². The molecule has 3 unspecified atom stereocenters. The zero-order valence-corrected chi connectivity index (χ0v) is 18.9. The van der Waals surface area contributed by atoms with E-state index in [-0.39, 0.29) is 12.1 Å². The van der Waals surface area contributed by atoms with Crippen LogP contribution in [0.4, 0.5) is 0 Å². The molecule has 2 aliphatic rings. The van der Waals surface area contributed by atoms with Crippen molar-refractivity contribution in [2.75, 3.05) is 5.75 Å². The van der Waals surface area contributed by atoms with Crippen LogP contribution in [0.15, 0.2) is 59.7 Å². The molecule has 0 bridgehead atoms. The third-order valence-corrected chi connectivity index (χ3v) is 7.77. The average molecular weight is 417 g/mol. The molecule has 1 fully saturated rings. The zero-order valence-electron chi connectivity index (χ0n) is 18.0. The predicted molar refractivity (Wildman–Crippen MR) is 126 cm³/mol. The van der Waals surface area contributed by atoms with Crippen LogP contribution in [0.2, 0.25) is 0 Å². The first-order valence-electron chi connectivity index (χ1n) is 10.8. The van der Waals surface area contributed by atoms with Gasteiger partial charge in [-0.15, -0.1) is 0 Å². The van der Waals surface area contributed by atoms with Crippen LogP contribution in [0.1, 0.15) is 53.6 Å². The van der Waals surface area contributed by atoms with Gasteiger partial charge in [0.2, 0.25) is 0 Å². The van der Waals surface area contributed by atoms with Crippen molar-refractivity contribution in [3.8, 4) is 5.69 Å². The van der Waals surface area contributed by atoms with E-state index in [4.69, 9.17) is 9.98 Å². The Morgan fingerprint density at radius 1 is 1.00 bits per heavy atom. The highest BCUT2D eigenvalue weighted by Gasteiger charge is 2.47. The van der Waals surface area contributed by atoms with E-state index < -0.39 is 0 Å². The maximum Gasteiger partial charge on any atom is 0.160 e. The first-order chi connectivity index (χ1) is 14.6. The van der Waals surface area contributed by atoms with Crippen LogP contribution < -0.4 is 0 Å². The molecule has 5 rings (SSSR count). The number of aromatic nitrogens is 2. The summed E-state index contributed by atoms with van der Waals surface area (Å²) in [5.41, 5.74) is 7.67. The largest absolute Gasteiger partial charge is 0.338 e. The minimum Gasteiger partial charge on any atom is -0.338 e. The van der Waals surface area contributed by atoms with Crippen LogP contribution in [-0.2, 0) is 0 Å². The molecular weight excluding hydrogens is 388 g/mol. The molecule has 0 N–H and O–H groups in total. The number of hydrogen-bond donors (Lipinski definition) is 0. The molecule has 1 saturated heterocycles. The molecule has 4 nitrogen and oxygen atoms in total. The fourth-order valence-electron chi connectivity index (χ4n) is 5.07. The van der Waals surface area contributed by atoms with E-state index in [1.54, 1.807) is 0 Å². The van der Waals surface area contributed by atoms with E-state index >= 15 is 0 Å². The number of hydrogen-bond acceptors (Lipinski definition) is 4. The lowest BCUT2D eigenvalue weighted by Gasteiger charge is -2.32. The molecule has 0 spiro atoms. The van der Waals surface area contributed by atoms with E-state index in [1.807, 2.05) is 24.0 Å². The van der Waals surface area contributed by atoms with E-state index in [9.17, 15) is 0 Å². The minimum atomic E-state index is 0.0338. The second-order valence-corrected chi connectivity index (χ2v) is 9.20. The molecule has 4 heterocycles. The Balaban J connectivity index is 1.69. The van der Waals surface area contributed by atoms with Crippen LogP contribution in [0.25, 0.3) is 5.69 Å². The summed E-state index contributed by atoms with van der Waals surface area (Å²) in [6, 6.07) is 17.6. The number of rotatable bonds is 4. The molecule has 0 saturated carbocycles. The van der Waals surface area contributed by atoms with E-state index in [0.29, 0.717) is 6.04 Å². The molecule has 30 heavy (non-hydrogen) atoms. The van der Waals surface area contributed by atoms with Crippen molar-refractivity contribution in [2.45, 2.75) is 52.2 Å². The van der Waals surface area contributed by atoms with Crippen LogP contribution in [0.3, 0.4) is 0 Å². The van der Waals surface area contributed by atoms with Crippen molar-refractivity contribution >= 4 is 16.9 Å². The topological polar surface area (TPSA) is 33.4 Å². The lowest BCUT2D eigenvalue weighted by molar-refractivity contribution is 0.254. The summed E-state index contributed by atoms with van der Waals surface area (Å²) in [5.74, 6) is 1.12. The molecule has 1 aromatic carbocycles. The number of para-hydroxylation sites is 1. The van der Waals surface area contributed by atoms with Gasteiger partial charge < -0.3 is 9.47 Å². The molecule has 3 aromatic rings. The second kappa shape index (κ2) is 7.62. The third kappa shape index (κ3) is 2.90. The highest BCUT2D eigenvalue weighted by atomic mass is 32.2. The second-order valence-electron chi connectivity index (χ2n) is 8.22. The number of amidine groups is 1. The van der Waals surface area contributed by atoms with E-state index in [1.165, 1.54) is 33.4 Å². The zero-order chi connectivity index (χ0) is 20.8. The van der Waals surface area contributed by atoms with E-state index in [2.05, 4.69) is 79.6 Å². The van der Waals surface area contributed by atoms with Gasteiger partial charge in [0.1, 0.15) is 6.04 Å².